The van der Waals surface area contributed by atoms with Gasteiger partial charge in [-0.05, 0) is 25.7 Å². The van der Waals surface area contributed by atoms with Crippen LogP contribution in [0.3, 0.4) is 0 Å². The number of nitrogens with one attached hydrogen (secondary N) is 2. The zero-order valence-electron chi connectivity index (χ0n) is 10.5. The molecule has 1 aliphatic carbocycles. The Hall–Kier alpha value is -0.570. The van der Waals surface area contributed by atoms with E-state index in [1.165, 1.54) is 12.8 Å². The molecule has 0 radical (unpaired) electrons. The number of primary amides is 1. The van der Waals surface area contributed by atoms with E-state index in [1.54, 1.807) is 7.05 Å². The molecule has 2 rings (SSSR count). The Labute approximate surface area is 124 Å². The van der Waals surface area contributed by atoms with E-state index in [0.717, 1.165) is 18.8 Å². The van der Waals surface area contributed by atoms with Crippen LogP contribution in [0.1, 0.15) is 25.7 Å². The lowest BCUT2D eigenvalue weighted by atomic mass is 10.2. The highest BCUT2D eigenvalue weighted by Gasteiger charge is 2.29. The van der Waals surface area contributed by atoms with Crippen molar-refractivity contribution in [3.05, 3.63) is 0 Å². The van der Waals surface area contributed by atoms with Crippen LogP contribution in [0.15, 0.2) is 4.99 Å². The third-order valence-electron chi connectivity index (χ3n) is 3.06. The van der Waals surface area contributed by atoms with Crippen molar-refractivity contribution in [2.75, 3.05) is 13.6 Å². The van der Waals surface area contributed by atoms with Crippen LogP contribution in [0.5, 0.6) is 0 Å². The van der Waals surface area contributed by atoms with Crippen molar-refractivity contribution >= 4 is 35.8 Å². The minimum absolute atomic E-state index is 0. The summed E-state index contributed by atoms with van der Waals surface area (Å²) in [4.78, 5) is 15.1. The molecule has 104 valence electrons. The van der Waals surface area contributed by atoms with Gasteiger partial charge in [0.15, 0.2) is 5.96 Å². The van der Waals surface area contributed by atoms with Crippen LogP contribution in [0, 0.1) is 0 Å². The summed E-state index contributed by atoms with van der Waals surface area (Å²) in [5, 5.41) is 6.49. The van der Waals surface area contributed by atoms with E-state index in [-0.39, 0.29) is 36.0 Å². The van der Waals surface area contributed by atoms with Crippen LogP contribution in [-0.2, 0) is 9.53 Å². The van der Waals surface area contributed by atoms with Crippen LogP contribution < -0.4 is 16.4 Å². The predicted molar refractivity (Wildman–Crippen MR) is 80.0 cm³/mol. The number of aliphatic imine (C=N–C) groups is 1. The van der Waals surface area contributed by atoms with Crippen molar-refractivity contribution in [3.8, 4) is 0 Å². The molecule has 1 amide bonds. The monoisotopic (exact) mass is 368 g/mol. The van der Waals surface area contributed by atoms with Gasteiger partial charge in [-0.1, -0.05) is 0 Å². The van der Waals surface area contributed by atoms with Crippen molar-refractivity contribution < 1.29 is 9.53 Å². The number of amides is 1. The maximum absolute atomic E-state index is 10.9. The topological polar surface area (TPSA) is 88.7 Å². The summed E-state index contributed by atoms with van der Waals surface area (Å²) in [6.07, 6.45) is 3.64. The van der Waals surface area contributed by atoms with E-state index >= 15 is 0 Å². The predicted octanol–water partition coefficient (Wildman–Crippen LogP) is -0.0353. The average Bonchev–Trinajstić information content (AvgIpc) is 2.99. The van der Waals surface area contributed by atoms with Crippen molar-refractivity contribution in [2.24, 2.45) is 10.7 Å². The zero-order valence-corrected chi connectivity index (χ0v) is 12.8. The van der Waals surface area contributed by atoms with Gasteiger partial charge in [-0.2, -0.15) is 0 Å². The molecule has 0 aromatic rings. The molecule has 1 saturated heterocycles. The first-order valence-electron chi connectivity index (χ1n) is 6.11. The third-order valence-corrected chi connectivity index (χ3v) is 3.06. The highest BCUT2D eigenvalue weighted by atomic mass is 127. The van der Waals surface area contributed by atoms with Gasteiger partial charge < -0.3 is 21.1 Å². The first-order valence-corrected chi connectivity index (χ1v) is 6.11. The molecule has 0 spiro atoms. The Morgan fingerprint density at radius 1 is 1.39 bits per heavy atom. The number of guanidine groups is 1. The maximum Gasteiger partial charge on any atom is 0.246 e. The fourth-order valence-electron chi connectivity index (χ4n) is 1.89. The Morgan fingerprint density at radius 3 is 2.61 bits per heavy atom. The molecule has 18 heavy (non-hydrogen) atoms. The van der Waals surface area contributed by atoms with Crippen LogP contribution in [0.2, 0.25) is 0 Å². The van der Waals surface area contributed by atoms with Gasteiger partial charge in [0.1, 0.15) is 6.10 Å². The SMILES string of the molecule is CN=C(NCC1CCC(C(N)=O)O1)NC1CC1.I. The smallest absolute Gasteiger partial charge is 0.246 e. The lowest BCUT2D eigenvalue weighted by Crippen LogP contribution is -2.42. The van der Waals surface area contributed by atoms with Gasteiger partial charge in [-0.15, -0.1) is 24.0 Å². The quantitative estimate of drug-likeness (QED) is 0.369. The number of ether oxygens (including phenoxy) is 1. The summed E-state index contributed by atoms with van der Waals surface area (Å²) in [5.41, 5.74) is 5.20. The molecule has 1 aliphatic heterocycles. The molecule has 0 aromatic carbocycles. The summed E-state index contributed by atoms with van der Waals surface area (Å²) in [7, 11) is 1.75. The number of hydrogen-bond acceptors (Lipinski definition) is 3. The Balaban J connectivity index is 0.00000162. The summed E-state index contributed by atoms with van der Waals surface area (Å²) >= 11 is 0. The Bertz CT molecular complexity index is 320. The number of rotatable bonds is 4. The van der Waals surface area contributed by atoms with E-state index in [1.807, 2.05) is 0 Å². The fraction of sp³-hybridized carbons (Fsp3) is 0.818. The van der Waals surface area contributed by atoms with E-state index in [4.69, 9.17) is 10.5 Å². The number of nitrogens with two attached hydrogens (primary N) is 1. The molecular formula is C11H21IN4O2. The van der Waals surface area contributed by atoms with Crippen molar-refractivity contribution in [1.29, 1.82) is 0 Å². The van der Waals surface area contributed by atoms with Crippen molar-refractivity contribution in [2.45, 2.75) is 43.9 Å². The average molecular weight is 368 g/mol. The van der Waals surface area contributed by atoms with Gasteiger partial charge in [0.05, 0.1) is 6.10 Å². The van der Waals surface area contributed by atoms with Gasteiger partial charge in [-0.3, -0.25) is 9.79 Å². The van der Waals surface area contributed by atoms with Gasteiger partial charge in [-0.25, -0.2) is 0 Å². The summed E-state index contributed by atoms with van der Waals surface area (Å²) in [6.45, 7) is 0.663. The second-order valence-corrected chi connectivity index (χ2v) is 4.60. The van der Waals surface area contributed by atoms with E-state index < -0.39 is 6.10 Å². The molecule has 6 nitrogen and oxygen atoms in total. The minimum Gasteiger partial charge on any atom is -0.367 e. The third kappa shape index (κ3) is 4.60. The van der Waals surface area contributed by atoms with Crippen LogP contribution in [-0.4, -0.2) is 43.7 Å². The number of halogens is 1. The molecule has 2 unspecified atom stereocenters. The van der Waals surface area contributed by atoms with Crippen LogP contribution in [0.4, 0.5) is 0 Å². The van der Waals surface area contributed by atoms with Crippen molar-refractivity contribution in [1.82, 2.24) is 10.6 Å². The molecule has 1 heterocycles. The minimum atomic E-state index is -0.416. The normalized spacial score (nSPS) is 27.5. The summed E-state index contributed by atoms with van der Waals surface area (Å²) in [6, 6.07) is 0.573. The Kier molecular flexibility index (Phi) is 6.13. The molecule has 0 bridgehead atoms. The van der Waals surface area contributed by atoms with E-state index in [0.29, 0.717) is 12.6 Å². The molecule has 4 N–H and O–H groups in total. The van der Waals surface area contributed by atoms with E-state index in [9.17, 15) is 4.79 Å². The molecule has 0 aromatic heterocycles. The van der Waals surface area contributed by atoms with Gasteiger partial charge >= 0.3 is 0 Å². The Morgan fingerprint density at radius 2 is 2.11 bits per heavy atom. The molecule has 7 heteroatoms. The van der Waals surface area contributed by atoms with E-state index in [2.05, 4.69) is 15.6 Å². The lowest BCUT2D eigenvalue weighted by Gasteiger charge is -2.15. The molecule has 2 aliphatic rings. The zero-order chi connectivity index (χ0) is 12.3. The number of carbonyl (C=O) groups excluding carboxylic acids is 1. The number of carbonyl (C=O) groups is 1. The molecule has 2 fully saturated rings. The number of hydrogen-bond donors (Lipinski definition) is 3. The molecule has 1 saturated carbocycles. The molecule has 2 atom stereocenters. The summed E-state index contributed by atoms with van der Waals surface area (Å²) < 4.78 is 5.52. The fourth-order valence-corrected chi connectivity index (χ4v) is 1.89. The first-order chi connectivity index (χ1) is 8.19. The lowest BCUT2D eigenvalue weighted by molar-refractivity contribution is -0.128. The van der Waals surface area contributed by atoms with Gasteiger partial charge in [0.2, 0.25) is 5.91 Å². The van der Waals surface area contributed by atoms with Crippen LogP contribution in [0.25, 0.3) is 0 Å². The van der Waals surface area contributed by atoms with Gasteiger partial charge in [0.25, 0.3) is 0 Å². The molecular weight excluding hydrogens is 347 g/mol. The second kappa shape index (κ2) is 7.13. The van der Waals surface area contributed by atoms with Crippen molar-refractivity contribution in [3.63, 3.8) is 0 Å². The number of nitrogens with zero attached hydrogens (tertiary/aromatic N) is 1. The highest BCUT2D eigenvalue weighted by Crippen LogP contribution is 2.19. The maximum atomic E-state index is 10.9. The first kappa shape index (κ1) is 15.5. The van der Waals surface area contributed by atoms with Crippen LogP contribution >= 0.6 is 24.0 Å². The standard InChI is InChI=1S/C11H20N4O2.HI/c1-13-11(15-7-2-3-7)14-6-8-4-5-9(17-8)10(12)16;/h7-9H,2-6H2,1H3,(H2,12,16)(H2,13,14,15);1H. The highest BCUT2D eigenvalue weighted by molar-refractivity contribution is 14.0. The second-order valence-electron chi connectivity index (χ2n) is 4.60. The van der Waals surface area contributed by atoms with Gasteiger partial charge in [0, 0.05) is 19.6 Å². The largest absolute Gasteiger partial charge is 0.367 e. The summed E-state index contributed by atoms with van der Waals surface area (Å²) in [5.74, 6) is 0.437.